The number of rotatable bonds is 4. The summed E-state index contributed by atoms with van der Waals surface area (Å²) in [6, 6.07) is 5.33. The Balaban J connectivity index is 1.80. The molecule has 3 rings (SSSR count). The first-order valence-corrected chi connectivity index (χ1v) is 8.28. The predicted octanol–water partition coefficient (Wildman–Crippen LogP) is 3.87. The molecule has 1 aliphatic rings. The number of nitrogens with one attached hydrogen (secondary N) is 1. The summed E-state index contributed by atoms with van der Waals surface area (Å²) in [5.41, 5.74) is 7.01. The molecule has 0 spiro atoms. The van der Waals surface area contributed by atoms with E-state index in [1.807, 2.05) is 6.07 Å². The van der Waals surface area contributed by atoms with Crippen LogP contribution in [0.15, 0.2) is 24.4 Å². The monoisotopic (exact) mass is 352 g/mol. The van der Waals surface area contributed by atoms with Gasteiger partial charge in [0.05, 0.1) is 22.3 Å². The van der Waals surface area contributed by atoms with Crippen LogP contribution in [0.25, 0.3) is 11.3 Å². The van der Waals surface area contributed by atoms with Gasteiger partial charge in [0.25, 0.3) is 0 Å². The summed E-state index contributed by atoms with van der Waals surface area (Å²) in [6.07, 6.45) is 3.78. The molecular weight excluding hydrogens is 335 g/mol. The average Bonchev–Trinajstić information content (AvgIpc) is 2.57. The zero-order valence-corrected chi connectivity index (χ0v) is 14.1. The molecule has 0 saturated carbocycles. The highest BCUT2D eigenvalue weighted by molar-refractivity contribution is 6.36. The Kier molecular flexibility index (Phi) is 5.20. The lowest BCUT2D eigenvalue weighted by Crippen LogP contribution is -2.24. The third-order valence-corrected chi connectivity index (χ3v) is 4.41. The molecule has 23 heavy (non-hydrogen) atoms. The standard InChI is InChI=1S/C16H18Cl2N4O/c17-12-3-4-15(21-7-10-2-1-5-23-9-10)22-16(12)11-6-14(19)20-8-13(11)18/h3-4,6,8,10H,1-2,5,7,9H2,(H2,19,20)(H,21,22)/t10-/m1/s1. The number of anilines is 2. The van der Waals surface area contributed by atoms with E-state index in [4.69, 9.17) is 33.7 Å². The van der Waals surface area contributed by atoms with Crippen molar-refractivity contribution in [3.05, 3.63) is 34.4 Å². The number of aromatic nitrogens is 2. The van der Waals surface area contributed by atoms with Gasteiger partial charge in [-0.2, -0.15) is 0 Å². The fourth-order valence-corrected chi connectivity index (χ4v) is 2.98. The van der Waals surface area contributed by atoms with Crippen LogP contribution >= 0.6 is 23.2 Å². The van der Waals surface area contributed by atoms with Crippen LogP contribution < -0.4 is 11.1 Å². The van der Waals surface area contributed by atoms with Crippen LogP contribution in [0.2, 0.25) is 10.0 Å². The van der Waals surface area contributed by atoms with Gasteiger partial charge in [0, 0.05) is 24.9 Å². The van der Waals surface area contributed by atoms with Gasteiger partial charge < -0.3 is 15.8 Å². The zero-order valence-electron chi connectivity index (χ0n) is 12.6. The lowest BCUT2D eigenvalue weighted by atomic mass is 10.0. The normalized spacial score (nSPS) is 17.9. The number of hydrogen-bond donors (Lipinski definition) is 2. The van der Waals surface area contributed by atoms with Crippen molar-refractivity contribution in [2.45, 2.75) is 12.8 Å². The highest BCUT2D eigenvalue weighted by Gasteiger charge is 2.15. The number of nitrogen functional groups attached to an aromatic ring is 1. The molecule has 122 valence electrons. The van der Waals surface area contributed by atoms with Crippen LogP contribution in [0.4, 0.5) is 11.6 Å². The molecule has 0 aliphatic carbocycles. The van der Waals surface area contributed by atoms with E-state index < -0.39 is 0 Å². The molecule has 5 nitrogen and oxygen atoms in total. The van der Waals surface area contributed by atoms with Crippen LogP contribution in [0.1, 0.15) is 12.8 Å². The first-order valence-electron chi connectivity index (χ1n) is 7.53. The molecule has 1 fully saturated rings. The van der Waals surface area contributed by atoms with Gasteiger partial charge in [-0.3, -0.25) is 0 Å². The lowest BCUT2D eigenvalue weighted by molar-refractivity contribution is 0.0595. The van der Waals surface area contributed by atoms with Crippen molar-refractivity contribution in [2.75, 3.05) is 30.8 Å². The molecule has 0 bridgehead atoms. The lowest BCUT2D eigenvalue weighted by Gasteiger charge is -2.22. The molecular formula is C16H18Cl2N4O. The quantitative estimate of drug-likeness (QED) is 0.873. The first kappa shape index (κ1) is 16.3. The minimum Gasteiger partial charge on any atom is -0.384 e. The number of hydrogen-bond acceptors (Lipinski definition) is 5. The summed E-state index contributed by atoms with van der Waals surface area (Å²) in [6.45, 7) is 2.47. The van der Waals surface area contributed by atoms with Gasteiger partial charge >= 0.3 is 0 Å². The van der Waals surface area contributed by atoms with Crippen molar-refractivity contribution < 1.29 is 4.74 Å². The minimum absolute atomic E-state index is 0.375. The van der Waals surface area contributed by atoms with Crippen molar-refractivity contribution in [1.82, 2.24) is 9.97 Å². The van der Waals surface area contributed by atoms with Gasteiger partial charge in [0.15, 0.2) is 0 Å². The predicted molar refractivity (Wildman–Crippen MR) is 93.9 cm³/mol. The molecule has 7 heteroatoms. The molecule has 0 radical (unpaired) electrons. The van der Waals surface area contributed by atoms with E-state index >= 15 is 0 Å². The molecule has 0 aromatic carbocycles. The summed E-state index contributed by atoms with van der Waals surface area (Å²) in [4.78, 5) is 8.54. The third-order valence-electron chi connectivity index (χ3n) is 3.80. The minimum atomic E-state index is 0.375. The zero-order chi connectivity index (χ0) is 16.2. The number of nitrogens with zero attached hydrogens (tertiary/aromatic N) is 2. The van der Waals surface area contributed by atoms with E-state index in [1.54, 1.807) is 12.1 Å². The SMILES string of the molecule is Nc1cc(-c2nc(NC[C@H]3CCCOC3)ccc2Cl)c(Cl)cn1. The van der Waals surface area contributed by atoms with Gasteiger partial charge in [-0.15, -0.1) is 0 Å². The molecule has 0 unspecified atom stereocenters. The smallest absolute Gasteiger partial charge is 0.126 e. The highest BCUT2D eigenvalue weighted by atomic mass is 35.5. The van der Waals surface area contributed by atoms with E-state index in [-0.39, 0.29) is 0 Å². The Labute approximate surface area is 145 Å². The topological polar surface area (TPSA) is 73.1 Å². The van der Waals surface area contributed by atoms with Crippen molar-refractivity contribution in [3.8, 4) is 11.3 Å². The van der Waals surface area contributed by atoms with Gasteiger partial charge in [-0.25, -0.2) is 9.97 Å². The summed E-state index contributed by atoms with van der Waals surface area (Å²) in [7, 11) is 0. The summed E-state index contributed by atoms with van der Waals surface area (Å²) in [5.74, 6) is 1.63. The van der Waals surface area contributed by atoms with Gasteiger partial charge in [-0.05, 0) is 37.0 Å². The van der Waals surface area contributed by atoms with Gasteiger partial charge in [-0.1, -0.05) is 23.2 Å². The Morgan fingerprint density at radius 3 is 2.96 bits per heavy atom. The molecule has 2 aromatic heterocycles. The fourth-order valence-electron chi connectivity index (χ4n) is 2.58. The fraction of sp³-hybridized carbons (Fsp3) is 0.375. The van der Waals surface area contributed by atoms with Crippen LogP contribution in [-0.2, 0) is 4.74 Å². The summed E-state index contributed by atoms with van der Waals surface area (Å²) >= 11 is 12.5. The van der Waals surface area contributed by atoms with E-state index in [1.165, 1.54) is 12.6 Å². The summed E-state index contributed by atoms with van der Waals surface area (Å²) < 4.78 is 5.49. The van der Waals surface area contributed by atoms with Crippen LogP contribution in [0, 0.1) is 5.92 Å². The second kappa shape index (κ2) is 7.34. The highest BCUT2D eigenvalue weighted by Crippen LogP contribution is 2.33. The second-order valence-corrected chi connectivity index (χ2v) is 6.39. The second-order valence-electron chi connectivity index (χ2n) is 5.58. The molecule has 3 heterocycles. The number of pyridine rings is 2. The van der Waals surface area contributed by atoms with E-state index in [0.717, 1.165) is 32.0 Å². The van der Waals surface area contributed by atoms with Crippen LogP contribution in [0.3, 0.4) is 0 Å². The Morgan fingerprint density at radius 1 is 1.30 bits per heavy atom. The molecule has 1 aliphatic heterocycles. The summed E-state index contributed by atoms with van der Waals surface area (Å²) in [5, 5.41) is 4.33. The van der Waals surface area contributed by atoms with Crippen molar-refractivity contribution in [2.24, 2.45) is 5.92 Å². The molecule has 2 aromatic rings. The maximum absolute atomic E-state index is 6.27. The number of ether oxygens (including phenoxy) is 1. The maximum atomic E-state index is 6.27. The Bertz CT molecular complexity index is 690. The Morgan fingerprint density at radius 2 is 2.17 bits per heavy atom. The molecule has 3 N–H and O–H groups in total. The first-order chi connectivity index (χ1) is 11.1. The van der Waals surface area contributed by atoms with Crippen molar-refractivity contribution in [3.63, 3.8) is 0 Å². The largest absolute Gasteiger partial charge is 0.384 e. The van der Waals surface area contributed by atoms with Crippen molar-refractivity contribution >= 4 is 34.8 Å². The average molecular weight is 353 g/mol. The number of halogens is 2. The van der Waals surface area contributed by atoms with E-state index in [2.05, 4.69) is 15.3 Å². The van der Waals surface area contributed by atoms with E-state index in [9.17, 15) is 0 Å². The molecule has 1 saturated heterocycles. The molecule has 1 atom stereocenters. The third kappa shape index (κ3) is 4.05. The molecule has 0 amide bonds. The van der Waals surface area contributed by atoms with Gasteiger partial charge in [0.2, 0.25) is 0 Å². The number of nitrogens with two attached hydrogens (primary N) is 1. The van der Waals surface area contributed by atoms with Crippen LogP contribution in [-0.4, -0.2) is 29.7 Å². The van der Waals surface area contributed by atoms with Gasteiger partial charge in [0.1, 0.15) is 11.6 Å². The van der Waals surface area contributed by atoms with Crippen LogP contribution in [0.5, 0.6) is 0 Å². The van der Waals surface area contributed by atoms with E-state index in [0.29, 0.717) is 33.0 Å². The maximum Gasteiger partial charge on any atom is 0.126 e. The Hall–Kier alpha value is -1.56. The van der Waals surface area contributed by atoms with Crippen molar-refractivity contribution in [1.29, 1.82) is 0 Å².